The van der Waals surface area contributed by atoms with E-state index in [-0.39, 0.29) is 24.4 Å². The number of nitrogens with zero attached hydrogens (tertiary/aromatic N) is 2. The zero-order chi connectivity index (χ0) is 20.3. The van der Waals surface area contributed by atoms with E-state index in [2.05, 4.69) is 55.2 Å². The smallest absolute Gasteiger partial charge is 0.245 e. The number of likely N-dealkylation sites (N-methyl/N-ethyl adjacent to an activating group) is 1. The summed E-state index contributed by atoms with van der Waals surface area (Å²) < 4.78 is 0. The molecule has 1 saturated heterocycles. The van der Waals surface area contributed by atoms with Gasteiger partial charge in [-0.2, -0.15) is 0 Å². The van der Waals surface area contributed by atoms with Crippen LogP contribution in [0.3, 0.4) is 0 Å². The Kier molecular flexibility index (Phi) is 4.02. The van der Waals surface area contributed by atoms with Crippen LogP contribution in [0.2, 0.25) is 0 Å². The van der Waals surface area contributed by atoms with E-state index in [0.717, 1.165) is 27.7 Å². The zero-order valence-corrected chi connectivity index (χ0v) is 17.0. The average Bonchev–Trinajstić information content (AvgIpc) is 3.09. The summed E-state index contributed by atoms with van der Waals surface area (Å²) in [6, 6.07) is 15.9. The van der Waals surface area contributed by atoms with Gasteiger partial charge in [-0.1, -0.05) is 56.3 Å². The maximum absolute atomic E-state index is 13.1. The van der Waals surface area contributed by atoms with Crippen LogP contribution in [-0.2, 0) is 16.0 Å². The van der Waals surface area contributed by atoms with Gasteiger partial charge in [-0.3, -0.25) is 9.59 Å². The van der Waals surface area contributed by atoms with E-state index in [1.165, 1.54) is 5.56 Å². The molecule has 3 aromatic rings. The lowest BCUT2D eigenvalue weighted by Gasteiger charge is -2.46. The number of para-hydroxylation sites is 1. The van der Waals surface area contributed by atoms with Crippen molar-refractivity contribution in [1.29, 1.82) is 0 Å². The monoisotopic (exact) mass is 387 g/mol. The highest BCUT2D eigenvalue weighted by Crippen LogP contribution is 2.42. The van der Waals surface area contributed by atoms with Crippen molar-refractivity contribution in [2.45, 2.75) is 38.3 Å². The molecule has 0 bridgehead atoms. The number of piperazine rings is 1. The Balaban J connectivity index is 1.72. The topological polar surface area (TPSA) is 56.4 Å². The van der Waals surface area contributed by atoms with Gasteiger partial charge < -0.3 is 14.8 Å². The summed E-state index contributed by atoms with van der Waals surface area (Å²) in [5, 5.41) is 1.14. The molecule has 0 saturated carbocycles. The third-order valence-electron chi connectivity index (χ3n) is 6.37. The van der Waals surface area contributed by atoms with Crippen molar-refractivity contribution < 1.29 is 9.59 Å². The minimum atomic E-state index is -0.456. The molecule has 5 nitrogen and oxygen atoms in total. The van der Waals surface area contributed by atoms with Gasteiger partial charge >= 0.3 is 0 Å². The number of aromatic amines is 1. The maximum Gasteiger partial charge on any atom is 0.245 e. The molecule has 148 valence electrons. The molecular weight excluding hydrogens is 362 g/mol. The average molecular weight is 387 g/mol. The lowest BCUT2D eigenvalue weighted by atomic mass is 9.85. The van der Waals surface area contributed by atoms with Gasteiger partial charge in [0.05, 0.1) is 12.6 Å². The lowest BCUT2D eigenvalue weighted by Crippen LogP contribution is -2.62. The second-order valence-corrected chi connectivity index (χ2v) is 8.50. The van der Waals surface area contributed by atoms with Crippen LogP contribution in [-0.4, -0.2) is 46.2 Å². The minimum absolute atomic E-state index is 0.000609. The van der Waals surface area contributed by atoms with E-state index in [1.807, 2.05) is 17.0 Å². The van der Waals surface area contributed by atoms with Crippen LogP contribution in [0, 0.1) is 0 Å². The first-order chi connectivity index (χ1) is 14.0. The molecule has 1 aromatic heterocycles. The van der Waals surface area contributed by atoms with Gasteiger partial charge in [0.1, 0.15) is 6.04 Å². The fourth-order valence-corrected chi connectivity index (χ4v) is 4.82. The number of hydrogen-bond acceptors (Lipinski definition) is 2. The number of hydrogen-bond donors (Lipinski definition) is 1. The third kappa shape index (κ3) is 2.68. The molecule has 2 aromatic carbocycles. The predicted molar refractivity (Wildman–Crippen MR) is 113 cm³/mol. The van der Waals surface area contributed by atoms with Gasteiger partial charge in [-0.05, 0) is 28.7 Å². The van der Waals surface area contributed by atoms with Gasteiger partial charge in [-0.15, -0.1) is 0 Å². The maximum atomic E-state index is 13.1. The summed E-state index contributed by atoms with van der Waals surface area (Å²) in [4.78, 5) is 33.0. The molecule has 2 aliphatic rings. The van der Waals surface area contributed by atoms with Crippen molar-refractivity contribution in [2.75, 3.05) is 13.6 Å². The predicted octanol–water partition coefficient (Wildman–Crippen LogP) is 3.61. The number of benzene rings is 2. The van der Waals surface area contributed by atoms with Crippen molar-refractivity contribution >= 4 is 22.7 Å². The number of carbonyl (C=O) groups is 2. The Bertz CT molecular complexity index is 1110. The molecule has 2 aliphatic heterocycles. The molecule has 5 heteroatoms. The Hall–Kier alpha value is -3.08. The van der Waals surface area contributed by atoms with Gasteiger partial charge in [0.25, 0.3) is 0 Å². The van der Waals surface area contributed by atoms with E-state index in [9.17, 15) is 9.59 Å². The summed E-state index contributed by atoms with van der Waals surface area (Å²) in [7, 11) is 1.72. The second kappa shape index (κ2) is 6.48. The number of amides is 2. The first-order valence-electron chi connectivity index (χ1n) is 10.2. The molecule has 0 aliphatic carbocycles. The number of rotatable bonds is 2. The van der Waals surface area contributed by atoms with Crippen LogP contribution in [0.5, 0.6) is 0 Å². The summed E-state index contributed by atoms with van der Waals surface area (Å²) >= 11 is 0. The molecular formula is C24H25N3O2. The van der Waals surface area contributed by atoms with Gasteiger partial charge in [0.2, 0.25) is 11.8 Å². The van der Waals surface area contributed by atoms with Crippen LogP contribution >= 0.6 is 0 Å². The van der Waals surface area contributed by atoms with Crippen molar-refractivity contribution in [3.63, 3.8) is 0 Å². The van der Waals surface area contributed by atoms with E-state index in [1.54, 1.807) is 11.9 Å². The van der Waals surface area contributed by atoms with Gasteiger partial charge in [0, 0.05) is 30.1 Å². The molecule has 5 rings (SSSR count). The second-order valence-electron chi connectivity index (χ2n) is 8.50. The van der Waals surface area contributed by atoms with Crippen molar-refractivity contribution in [1.82, 2.24) is 14.8 Å². The summed E-state index contributed by atoms with van der Waals surface area (Å²) in [5.41, 5.74) is 5.53. The number of aromatic nitrogens is 1. The third-order valence-corrected chi connectivity index (χ3v) is 6.37. The Morgan fingerprint density at radius 3 is 2.48 bits per heavy atom. The standard InChI is InChI=1S/C24H25N3O2/c1-14(2)15-8-10-16(11-9-15)23-22-18(17-6-4-5-7-19(17)25-22)12-20-24(29)26(3)13-21(28)27(20)23/h4-11,14,20,23,25H,12-13H2,1-3H3/t20-,23+/m1/s1. The SMILES string of the molecule is CC(C)c1ccc([C@H]2c3[nH]c4ccccc4c3C[C@@H]3C(=O)N(C)CC(=O)N23)cc1. The fraction of sp³-hybridized carbons (Fsp3) is 0.333. The quantitative estimate of drug-likeness (QED) is 0.730. The fourth-order valence-electron chi connectivity index (χ4n) is 4.82. The first kappa shape index (κ1) is 18.0. The van der Waals surface area contributed by atoms with Gasteiger partial charge in [0.15, 0.2) is 0 Å². The summed E-state index contributed by atoms with van der Waals surface area (Å²) in [5.74, 6) is 0.460. The molecule has 1 N–H and O–H groups in total. The van der Waals surface area contributed by atoms with Crippen molar-refractivity contribution in [3.8, 4) is 0 Å². The Labute approximate surface area is 170 Å². The molecule has 2 amide bonds. The molecule has 0 unspecified atom stereocenters. The van der Waals surface area contributed by atoms with Crippen LogP contribution in [0.4, 0.5) is 0 Å². The first-order valence-corrected chi connectivity index (χ1v) is 10.2. The normalized spacial score (nSPS) is 21.7. The van der Waals surface area contributed by atoms with Gasteiger partial charge in [-0.25, -0.2) is 0 Å². The number of nitrogens with one attached hydrogen (secondary N) is 1. The van der Waals surface area contributed by atoms with E-state index in [0.29, 0.717) is 12.3 Å². The molecule has 3 heterocycles. The molecule has 0 spiro atoms. The molecule has 0 radical (unpaired) electrons. The Morgan fingerprint density at radius 2 is 1.76 bits per heavy atom. The van der Waals surface area contributed by atoms with Crippen LogP contribution in [0.15, 0.2) is 48.5 Å². The summed E-state index contributed by atoms with van der Waals surface area (Å²) in [6.45, 7) is 4.47. The van der Waals surface area contributed by atoms with Crippen LogP contribution in [0.1, 0.15) is 48.2 Å². The van der Waals surface area contributed by atoms with Crippen molar-refractivity contribution in [2.24, 2.45) is 0 Å². The number of fused-ring (bicyclic) bond motifs is 4. The highest BCUT2D eigenvalue weighted by atomic mass is 16.2. The lowest BCUT2D eigenvalue weighted by molar-refractivity contribution is -0.157. The van der Waals surface area contributed by atoms with E-state index >= 15 is 0 Å². The number of H-pyrrole nitrogens is 1. The highest BCUT2D eigenvalue weighted by molar-refractivity contribution is 5.97. The van der Waals surface area contributed by atoms with E-state index in [4.69, 9.17) is 0 Å². The largest absolute Gasteiger partial charge is 0.356 e. The summed E-state index contributed by atoms with van der Waals surface area (Å²) in [6.07, 6.45) is 0.550. The van der Waals surface area contributed by atoms with Crippen LogP contribution < -0.4 is 0 Å². The Morgan fingerprint density at radius 1 is 1.03 bits per heavy atom. The van der Waals surface area contributed by atoms with Crippen molar-refractivity contribution in [3.05, 3.63) is 70.9 Å². The minimum Gasteiger partial charge on any atom is -0.356 e. The molecule has 1 fully saturated rings. The highest BCUT2D eigenvalue weighted by Gasteiger charge is 2.47. The molecule has 29 heavy (non-hydrogen) atoms. The van der Waals surface area contributed by atoms with E-state index < -0.39 is 6.04 Å². The zero-order valence-electron chi connectivity index (χ0n) is 17.0. The molecule has 2 atom stereocenters. The van der Waals surface area contributed by atoms with Crippen LogP contribution in [0.25, 0.3) is 10.9 Å². The number of carbonyl (C=O) groups excluding carboxylic acids is 2.